The molecule has 1 heterocycles. The minimum absolute atomic E-state index is 0.458. The Bertz CT molecular complexity index is 475. The zero-order valence-electron chi connectivity index (χ0n) is 10.0. The van der Waals surface area contributed by atoms with Crippen molar-refractivity contribution in [3.63, 3.8) is 0 Å². The molecule has 1 aromatic carbocycles. The third-order valence-electron chi connectivity index (χ3n) is 2.25. The molecule has 1 N–H and O–H groups in total. The van der Waals surface area contributed by atoms with Crippen molar-refractivity contribution in [3.05, 3.63) is 47.2 Å². The maximum Gasteiger partial charge on any atom is 0.222 e. The van der Waals surface area contributed by atoms with Crippen LogP contribution < -0.4 is 5.32 Å². The SMILES string of the molecule is CC(CNc1ncc(Br)cn1)Sc1ccccc1. The molecular formula is C13H14BrN3S. The van der Waals surface area contributed by atoms with Crippen LogP contribution in [0.1, 0.15) is 6.92 Å². The van der Waals surface area contributed by atoms with Crippen molar-refractivity contribution in [2.24, 2.45) is 0 Å². The van der Waals surface area contributed by atoms with Crippen LogP contribution in [-0.2, 0) is 0 Å². The predicted octanol–water partition coefficient (Wildman–Crippen LogP) is 3.83. The van der Waals surface area contributed by atoms with Crippen molar-refractivity contribution in [1.29, 1.82) is 0 Å². The van der Waals surface area contributed by atoms with Gasteiger partial charge in [-0.05, 0) is 28.1 Å². The van der Waals surface area contributed by atoms with Gasteiger partial charge >= 0.3 is 0 Å². The number of nitrogens with one attached hydrogen (secondary N) is 1. The van der Waals surface area contributed by atoms with Crippen molar-refractivity contribution in [3.8, 4) is 0 Å². The topological polar surface area (TPSA) is 37.8 Å². The third kappa shape index (κ3) is 4.31. The molecule has 94 valence electrons. The van der Waals surface area contributed by atoms with Gasteiger partial charge in [0.2, 0.25) is 5.95 Å². The highest BCUT2D eigenvalue weighted by Gasteiger charge is 2.04. The van der Waals surface area contributed by atoms with E-state index < -0.39 is 0 Å². The lowest BCUT2D eigenvalue weighted by Gasteiger charge is -2.12. The molecule has 5 heteroatoms. The molecule has 0 aliphatic carbocycles. The molecule has 0 radical (unpaired) electrons. The summed E-state index contributed by atoms with van der Waals surface area (Å²) in [6, 6.07) is 10.4. The Morgan fingerprint density at radius 2 is 1.89 bits per heavy atom. The lowest BCUT2D eigenvalue weighted by molar-refractivity contribution is 0.967. The molecule has 2 rings (SSSR count). The van der Waals surface area contributed by atoms with E-state index in [0.717, 1.165) is 11.0 Å². The van der Waals surface area contributed by atoms with Crippen LogP contribution in [0.2, 0.25) is 0 Å². The van der Waals surface area contributed by atoms with Gasteiger partial charge in [-0.3, -0.25) is 0 Å². The second-order valence-corrected chi connectivity index (χ2v) is 6.27. The Kier molecular flexibility index (Phi) is 5.01. The van der Waals surface area contributed by atoms with E-state index in [9.17, 15) is 0 Å². The molecule has 0 aliphatic heterocycles. The van der Waals surface area contributed by atoms with Crippen LogP contribution in [0.4, 0.5) is 5.95 Å². The third-order valence-corrected chi connectivity index (χ3v) is 3.77. The van der Waals surface area contributed by atoms with Gasteiger partial charge in [-0.15, -0.1) is 11.8 Å². The summed E-state index contributed by atoms with van der Waals surface area (Å²) in [6.45, 7) is 3.02. The molecular weight excluding hydrogens is 310 g/mol. The maximum absolute atomic E-state index is 4.18. The Labute approximate surface area is 120 Å². The maximum atomic E-state index is 4.18. The standard InChI is InChI=1S/C13H14BrN3S/c1-10(18-12-5-3-2-4-6-12)7-15-13-16-8-11(14)9-17-13/h2-6,8-10H,7H2,1H3,(H,15,16,17). The largest absolute Gasteiger partial charge is 0.353 e. The molecule has 0 aliphatic rings. The van der Waals surface area contributed by atoms with E-state index in [-0.39, 0.29) is 0 Å². The molecule has 1 aromatic heterocycles. The van der Waals surface area contributed by atoms with Gasteiger partial charge in [0, 0.05) is 29.1 Å². The number of rotatable bonds is 5. The Morgan fingerprint density at radius 1 is 1.22 bits per heavy atom. The Morgan fingerprint density at radius 3 is 2.56 bits per heavy atom. The normalized spacial score (nSPS) is 12.1. The van der Waals surface area contributed by atoms with E-state index in [1.807, 2.05) is 17.8 Å². The van der Waals surface area contributed by atoms with Crippen molar-refractivity contribution >= 4 is 33.6 Å². The molecule has 0 saturated heterocycles. The van der Waals surface area contributed by atoms with Crippen molar-refractivity contribution in [2.75, 3.05) is 11.9 Å². The highest BCUT2D eigenvalue weighted by Crippen LogP contribution is 2.22. The van der Waals surface area contributed by atoms with E-state index in [2.05, 4.69) is 62.4 Å². The minimum atomic E-state index is 0.458. The van der Waals surface area contributed by atoms with Gasteiger partial charge in [0.1, 0.15) is 0 Å². The van der Waals surface area contributed by atoms with Crippen molar-refractivity contribution in [1.82, 2.24) is 9.97 Å². The molecule has 1 unspecified atom stereocenters. The second-order valence-electron chi connectivity index (χ2n) is 3.85. The average molecular weight is 324 g/mol. The number of hydrogen-bond acceptors (Lipinski definition) is 4. The number of halogens is 1. The zero-order chi connectivity index (χ0) is 12.8. The highest BCUT2D eigenvalue weighted by molar-refractivity contribution is 9.10. The molecule has 0 saturated carbocycles. The van der Waals surface area contributed by atoms with Gasteiger partial charge in [-0.25, -0.2) is 9.97 Å². The summed E-state index contributed by atoms with van der Waals surface area (Å²) in [5.41, 5.74) is 0. The first-order valence-corrected chi connectivity index (χ1v) is 7.34. The first-order chi connectivity index (χ1) is 8.74. The van der Waals surface area contributed by atoms with E-state index in [1.54, 1.807) is 12.4 Å². The summed E-state index contributed by atoms with van der Waals surface area (Å²) in [7, 11) is 0. The molecule has 2 aromatic rings. The van der Waals surface area contributed by atoms with Gasteiger partial charge in [-0.2, -0.15) is 0 Å². The van der Waals surface area contributed by atoms with E-state index in [0.29, 0.717) is 11.2 Å². The summed E-state index contributed by atoms with van der Waals surface area (Å²) in [4.78, 5) is 9.64. The Balaban J connectivity index is 1.81. The van der Waals surface area contributed by atoms with Crippen LogP contribution in [0.3, 0.4) is 0 Å². The summed E-state index contributed by atoms with van der Waals surface area (Å²) >= 11 is 5.15. The van der Waals surface area contributed by atoms with E-state index in [4.69, 9.17) is 0 Å². The lowest BCUT2D eigenvalue weighted by Crippen LogP contribution is -2.14. The fourth-order valence-corrected chi connectivity index (χ4v) is 2.56. The molecule has 0 fully saturated rings. The minimum Gasteiger partial charge on any atom is -0.353 e. The fourth-order valence-electron chi connectivity index (χ4n) is 1.41. The van der Waals surface area contributed by atoms with Crippen LogP contribution in [-0.4, -0.2) is 21.8 Å². The number of aromatic nitrogens is 2. The summed E-state index contributed by atoms with van der Waals surface area (Å²) in [6.07, 6.45) is 3.48. The zero-order valence-corrected chi connectivity index (χ0v) is 12.4. The smallest absolute Gasteiger partial charge is 0.222 e. The van der Waals surface area contributed by atoms with Crippen molar-refractivity contribution < 1.29 is 0 Å². The highest BCUT2D eigenvalue weighted by atomic mass is 79.9. The van der Waals surface area contributed by atoms with Crippen LogP contribution >= 0.6 is 27.7 Å². The monoisotopic (exact) mass is 323 g/mol. The van der Waals surface area contributed by atoms with Crippen LogP contribution in [0, 0.1) is 0 Å². The van der Waals surface area contributed by atoms with Crippen LogP contribution in [0.5, 0.6) is 0 Å². The van der Waals surface area contributed by atoms with Crippen molar-refractivity contribution in [2.45, 2.75) is 17.1 Å². The number of hydrogen-bond donors (Lipinski definition) is 1. The first kappa shape index (κ1) is 13.4. The average Bonchev–Trinajstić information content (AvgIpc) is 2.39. The van der Waals surface area contributed by atoms with Gasteiger partial charge < -0.3 is 5.32 Å². The number of anilines is 1. The van der Waals surface area contributed by atoms with Crippen LogP contribution in [0.15, 0.2) is 52.1 Å². The second kappa shape index (κ2) is 6.75. The van der Waals surface area contributed by atoms with Gasteiger partial charge in [0.25, 0.3) is 0 Å². The molecule has 18 heavy (non-hydrogen) atoms. The Hall–Kier alpha value is -1.07. The van der Waals surface area contributed by atoms with Gasteiger partial charge in [0.05, 0.1) is 4.47 Å². The van der Waals surface area contributed by atoms with Gasteiger partial charge in [-0.1, -0.05) is 25.1 Å². The summed E-state index contributed by atoms with van der Waals surface area (Å²) < 4.78 is 0.889. The predicted molar refractivity (Wildman–Crippen MR) is 80.0 cm³/mol. The number of thioether (sulfide) groups is 1. The summed E-state index contributed by atoms with van der Waals surface area (Å²) in [5, 5.41) is 3.69. The molecule has 0 bridgehead atoms. The van der Waals surface area contributed by atoms with Crippen LogP contribution in [0.25, 0.3) is 0 Å². The summed E-state index contributed by atoms with van der Waals surface area (Å²) in [5.74, 6) is 0.665. The number of nitrogens with zero attached hydrogens (tertiary/aromatic N) is 2. The molecule has 1 atom stereocenters. The van der Waals surface area contributed by atoms with E-state index >= 15 is 0 Å². The first-order valence-electron chi connectivity index (χ1n) is 5.67. The quantitative estimate of drug-likeness (QED) is 0.848. The van der Waals surface area contributed by atoms with E-state index in [1.165, 1.54) is 4.90 Å². The molecule has 0 amide bonds. The molecule has 0 spiro atoms. The lowest BCUT2D eigenvalue weighted by atomic mass is 10.4. The number of benzene rings is 1. The molecule has 3 nitrogen and oxygen atoms in total. The fraction of sp³-hybridized carbons (Fsp3) is 0.231. The van der Waals surface area contributed by atoms with Gasteiger partial charge in [0.15, 0.2) is 0 Å².